The van der Waals surface area contributed by atoms with E-state index in [1.165, 1.54) is 11.1 Å². The number of aryl methyl sites for hydroxylation is 2. The van der Waals surface area contributed by atoms with Gasteiger partial charge in [0.25, 0.3) is 5.91 Å². The molecule has 0 bridgehead atoms. The van der Waals surface area contributed by atoms with Gasteiger partial charge in [-0.25, -0.2) is 0 Å². The van der Waals surface area contributed by atoms with Gasteiger partial charge in [0, 0.05) is 31.1 Å². The van der Waals surface area contributed by atoms with Crippen molar-refractivity contribution in [2.75, 3.05) is 18.8 Å². The Morgan fingerprint density at radius 2 is 2.04 bits per heavy atom. The van der Waals surface area contributed by atoms with Gasteiger partial charge in [-0.3, -0.25) is 9.48 Å². The summed E-state index contributed by atoms with van der Waals surface area (Å²) < 4.78 is 1.72. The fraction of sp³-hybridized carbons (Fsp3) is 0.333. The Bertz CT molecular complexity index is 933. The molecule has 2 aromatic heterocycles. The molecule has 1 saturated heterocycles. The second-order valence-electron chi connectivity index (χ2n) is 6.81. The van der Waals surface area contributed by atoms with E-state index < -0.39 is 0 Å². The zero-order valence-electron chi connectivity index (χ0n) is 15.6. The Morgan fingerprint density at radius 3 is 2.81 bits per heavy atom. The molecule has 1 atom stereocenters. The average molecular weight is 398 g/mol. The van der Waals surface area contributed by atoms with Crippen LogP contribution in [0.4, 0.5) is 0 Å². The minimum absolute atomic E-state index is 0.0823. The first-order valence-electron chi connectivity index (χ1n) is 9.18. The third-order valence-corrected chi connectivity index (χ3v) is 7.24. The summed E-state index contributed by atoms with van der Waals surface area (Å²) in [7, 11) is 1.85. The maximum Gasteiger partial charge on any atom is 0.272 e. The van der Waals surface area contributed by atoms with Crippen LogP contribution in [0.2, 0.25) is 0 Å². The number of rotatable bonds is 3. The molecule has 6 heteroatoms. The van der Waals surface area contributed by atoms with Crippen LogP contribution in [-0.2, 0) is 7.05 Å². The van der Waals surface area contributed by atoms with Crippen molar-refractivity contribution in [1.82, 2.24) is 14.7 Å². The topological polar surface area (TPSA) is 38.1 Å². The zero-order valence-corrected chi connectivity index (χ0v) is 17.2. The van der Waals surface area contributed by atoms with Crippen LogP contribution < -0.4 is 0 Å². The van der Waals surface area contributed by atoms with E-state index in [4.69, 9.17) is 0 Å². The minimum atomic E-state index is 0.0823. The lowest BCUT2D eigenvalue weighted by Crippen LogP contribution is -2.34. The normalized spacial score (nSPS) is 17.7. The lowest BCUT2D eigenvalue weighted by molar-refractivity contribution is 0.0755. The van der Waals surface area contributed by atoms with E-state index in [1.54, 1.807) is 16.0 Å². The van der Waals surface area contributed by atoms with Gasteiger partial charge in [0.15, 0.2) is 0 Å². The van der Waals surface area contributed by atoms with Gasteiger partial charge in [-0.1, -0.05) is 30.3 Å². The first kappa shape index (κ1) is 18.3. The molecule has 0 radical (unpaired) electrons. The molecule has 1 aliphatic rings. The van der Waals surface area contributed by atoms with E-state index in [0.29, 0.717) is 10.9 Å². The Labute approximate surface area is 168 Å². The van der Waals surface area contributed by atoms with Gasteiger partial charge in [-0.2, -0.15) is 16.9 Å². The number of thioether (sulfide) groups is 1. The van der Waals surface area contributed by atoms with Gasteiger partial charge >= 0.3 is 0 Å². The van der Waals surface area contributed by atoms with E-state index in [2.05, 4.69) is 36.3 Å². The second-order valence-corrected chi connectivity index (χ2v) is 9.07. The molecule has 4 nitrogen and oxygen atoms in total. The standard InChI is InChI=1S/C21H23N3OS2/c1-15-6-3-4-7-16(15)19-9-10-24(11-13-27-19)21(25)18-14-17(22-23(18)2)20-8-5-12-26-20/h3-8,12,14,19H,9-11,13H2,1-2H3/t19-/m1/s1. The van der Waals surface area contributed by atoms with Gasteiger partial charge < -0.3 is 4.90 Å². The monoisotopic (exact) mass is 397 g/mol. The van der Waals surface area contributed by atoms with Crippen LogP contribution in [0.5, 0.6) is 0 Å². The maximum atomic E-state index is 13.1. The summed E-state index contributed by atoms with van der Waals surface area (Å²) in [5.74, 6) is 1.04. The van der Waals surface area contributed by atoms with Gasteiger partial charge in [0.05, 0.1) is 4.88 Å². The third kappa shape index (κ3) is 3.82. The fourth-order valence-corrected chi connectivity index (χ4v) is 5.55. The quantitative estimate of drug-likeness (QED) is 0.638. The predicted octanol–water partition coefficient (Wildman–Crippen LogP) is 4.78. The molecule has 1 aliphatic heterocycles. The summed E-state index contributed by atoms with van der Waals surface area (Å²) in [6, 6.07) is 14.6. The Morgan fingerprint density at radius 1 is 1.19 bits per heavy atom. The van der Waals surface area contributed by atoms with Crippen LogP contribution in [0.3, 0.4) is 0 Å². The van der Waals surface area contributed by atoms with Crippen molar-refractivity contribution in [3.8, 4) is 10.6 Å². The van der Waals surface area contributed by atoms with E-state index in [9.17, 15) is 4.79 Å². The molecule has 4 rings (SSSR count). The summed E-state index contributed by atoms with van der Waals surface area (Å²) in [6.45, 7) is 3.74. The number of carbonyl (C=O) groups excluding carboxylic acids is 1. The predicted molar refractivity (Wildman–Crippen MR) is 113 cm³/mol. The summed E-state index contributed by atoms with van der Waals surface area (Å²) in [6.07, 6.45) is 0.983. The zero-order chi connectivity index (χ0) is 18.8. The Balaban J connectivity index is 1.50. The number of thiophene rings is 1. The van der Waals surface area contributed by atoms with Crippen molar-refractivity contribution in [1.29, 1.82) is 0 Å². The Hall–Kier alpha value is -2.05. The molecule has 140 valence electrons. The van der Waals surface area contributed by atoms with Gasteiger partial charge in [0.2, 0.25) is 0 Å². The summed E-state index contributed by atoms with van der Waals surface area (Å²) in [5.41, 5.74) is 4.27. The summed E-state index contributed by atoms with van der Waals surface area (Å²) in [5, 5.41) is 7.03. The fourth-order valence-electron chi connectivity index (χ4n) is 3.54. The number of carbonyl (C=O) groups is 1. The number of hydrogen-bond acceptors (Lipinski definition) is 4. The molecular weight excluding hydrogens is 374 g/mol. The molecular formula is C21H23N3OS2. The second kappa shape index (κ2) is 7.90. The lowest BCUT2D eigenvalue weighted by Gasteiger charge is -2.20. The van der Waals surface area contributed by atoms with Crippen molar-refractivity contribution < 1.29 is 4.79 Å². The minimum Gasteiger partial charge on any atom is -0.336 e. The third-order valence-electron chi connectivity index (χ3n) is 5.04. The van der Waals surface area contributed by atoms with Crippen molar-refractivity contribution in [2.24, 2.45) is 7.05 Å². The molecule has 0 aliphatic carbocycles. The number of aromatic nitrogens is 2. The molecule has 0 N–H and O–H groups in total. The van der Waals surface area contributed by atoms with Gasteiger partial charge in [-0.15, -0.1) is 11.3 Å². The van der Waals surface area contributed by atoms with Crippen LogP contribution in [0, 0.1) is 6.92 Å². The molecule has 3 aromatic rings. The van der Waals surface area contributed by atoms with Gasteiger partial charge in [-0.05, 0) is 42.0 Å². The molecule has 27 heavy (non-hydrogen) atoms. The van der Waals surface area contributed by atoms with Crippen molar-refractivity contribution >= 4 is 29.0 Å². The smallest absolute Gasteiger partial charge is 0.272 e. The van der Waals surface area contributed by atoms with E-state index in [1.807, 2.05) is 47.3 Å². The molecule has 1 aromatic carbocycles. The van der Waals surface area contributed by atoms with Crippen LogP contribution in [0.15, 0.2) is 47.8 Å². The highest BCUT2D eigenvalue weighted by Gasteiger charge is 2.25. The highest BCUT2D eigenvalue weighted by molar-refractivity contribution is 7.99. The first-order chi connectivity index (χ1) is 13.1. The van der Waals surface area contributed by atoms with Gasteiger partial charge in [0.1, 0.15) is 11.4 Å². The summed E-state index contributed by atoms with van der Waals surface area (Å²) in [4.78, 5) is 16.2. The highest BCUT2D eigenvalue weighted by atomic mass is 32.2. The lowest BCUT2D eigenvalue weighted by atomic mass is 10.0. The first-order valence-corrected chi connectivity index (χ1v) is 11.1. The van der Waals surface area contributed by atoms with Crippen LogP contribution >= 0.6 is 23.1 Å². The molecule has 0 unspecified atom stereocenters. The van der Waals surface area contributed by atoms with Crippen molar-refractivity contribution in [3.05, 3.63) is 64.7 Å². The van der Waals surface area contributed by atoms with Crippen LogP contribution in [0.25, 0.3) is 10.6 Å². The number of amides is 1. The molecule has 1 amide bonds. The van der Waals surface area contributed by atoms with Crippen LogP contribution in [0.1, 0.15) is 33.3 Å². The SMILES string of the molecule is Cc1ccccc1[C@H]1CCN(C(=O)c2cc(-c3cccs3)nn2C)CCS1. The molecule has 1 fully saturated rings. The molecule has 0 spiro atoms. The highest BCUT2D eigenvalue weighted by Crippen LogP contribution is 2.36. The number of nitrogens with zero attached hydrogens (tertiary/aromatic N) is 3. The average Bonchev–Trinajstić information content (AvgIpc) is 3.26. The maximum absolute atomic E-state index is 13.1. The molecule has 3 heterocycles. The summed E-state index contributed by atoms with van der Waals surface area (Å²) >= 11 is 3.60. The van der Waals surface area contributed by atoms with E-state index in [-0.39, 0.29) is 5.91 Å². The van der Waals surface area contributed by atoms with Crippen molar-refractivity contribution in [2.45, 2.75) is 18.6 Å². The Kier molecular flexibility index (Phi) is 5.36. The number of benzene rings is 1. The molecule has 0 saturated carbocycles. The number of hydrogen-bond donors (Lipinski definition) is 0. The van der Waals surface area contributed by atoms with E-state index >= 15 is 0 Å². The van der Waals surface area contributed by atoms with E-state index in [0.717, 1.165) is 35.8 Å². The largest absolute Gasteiger partial charge is 0.336 e. The van der Waals surface area contributed by atoms with Crippen molar-refractivity contribution in [3.63, 3.8) is 0 Å². The van der Waals surface area contributed by atoms with Crippen LogP contribution in [-0.4, -0.2) is 39.4 Å².